The van der Waals surface area contributed by atoms with Gasteiger partial charge in [0.2, 0.25) is 5.95 Å². The minimum Gasteiger partial charge on any atom is -0.361 e. The number of aromatic nitrogens is 2. The summed E-state index contributed by atoms with van der Waals surface area (Å²) in [5, 5.41) is 2.95. The van der Waals surface area contributed by atoms with Crippen molar-refractivity contribution < 1.29 is 4.79 Å². The van der Waals surface area contributed by atoms with Crippen LogP contribution in [0.4, 0.5) is 17.5 Å². The van der Waals surface area contributed by atoms with Crippen molar-refractivity contribution in [3.63, 3.8) is 0 Å². The highest BCUT2D eigenvalue weighted by Gasteiger charge is 2.18. The second-order valence-corrected chi connectivity index (χ2v) is 6.85. The van der Waals surface area contributed by atoms with Gasteiger partial charge in [-0.25, -0.2) is 4.98 Å². The lowest BCUT2D eigenvalue weighted by Gasteiger charge is -2.28. The van der Waals surface area contributed by atoms with Gasteiger partial charge in [0.1, 0.15) is 5.69 Å². The predicted molar refractivity (Wildman–Crippen MR) is 106 cm³/mol. The molecule has 2 heterocycles. The Morgan fingerprint density at radius 1 is 1.15 bits per heavy atom. The quantitative estimate of drug-likeness (QED) is 0.893. The number of aryl methyl sites for hydroxylation is 1. The summed E-state index contributed by atoms with van der Waals surface area (Å²) in [7, 11) is 3.85. The second-order valence-electron chi connectivity index (χ2n) is 6.85. The van der Waals surface area contributed by atoms with Crippen LogP contribution in [0.5, 0.6) is 0 Å². The smallest absolute Gasteiger partial charge is 0.255 e. The van der Waals surface area contributed by atoms with E-state index in [0.717, 1.165) is 31.3 Å². The van der Waals surface area contributed by atoms with Gasteiger partial charge in [0.05, 0.1) is 6.20 Å². The number of anilines is 3. The topological polar surface area (TPSA) is 61.4 Å². The van der Waals surface area contributed by atoms with Crippen molar-refractivity contribution in [1.29, 1.82) is 0 Å². The summed E-state index contributed by atoms with van der Waals surface area (Å²) in [6.45, 7) is 4.07. The number of nitrogens with one attached hydrogen (secondary N) is 1. The highest BCUT2D eigenvalue weighted by atomic mass is 16.1. The maximum absolute atomic E-state index is 12.6. The van der Waals surface area contributed by atoms with Crippen molar-refractivity contribution in [1.82, 2.24) is 9.97 Å². The van der Waals surface area contributed by atoms with E-state index in [0.29, 0.717) is 11.3 Å². The number of amides is 1. The zero-order chi connectivity index (χ0) is 18.5. The lowest BCUT2D eigenvalue weighted by atomic mass is 10.1. The Morgan fingerprint density at radius 3 is 2.46 bits per heavy atom. The van der Waals surface area contributed by atoms with Crippen molar-refractivity contribution in [2.24, 2.45) is 0 Å². The number of benzene rings is 1. The number of nitrogens with zero attached hydrogens (tertiary/aromatic N) is 4. The van der Waals surface area contributed by atoms with Crippen LogP contribution in [0.2, 0.25) is 0 Å². The number of piperidine rings is 1. The summed E-state index contributed by atoms with van der Waals surface area (Å²) in [6.07, 6.45) is 6.28. The minimum atomic E-state index is -0.148. The Bertz CT molecular complexity index is 751. The molecule has 1 aliphatic heterocycles. The molecule has 0 aliphatic carbocycles. The summed E-state index contributed by atoms with van der Waals surface area (Å²) in [6, 6.07) is 7.67. The molecular weight excluding hydrogens is 326 g/mol. The SMILES string of the molecule is CCc1ccc(C(=O)Nc2cnc(N3CCCCC3)nc2N(C)C)cc1. The summed E-state index contributed by atoms with van der Waals surface area (Å²) < 4.78 is 0. The van der Waals surface area contributed by atoms with Crippen LogP contribution in [-0.2, 0) is 6.42 Å². The van der Waals surface area contributed by atoms with Crippen LogP contribution < -0.4 is 15.1 Å². The Kier molecular flexibility index (Phi) is 5.71. The predicted octanol–water partition coefficient (Wildman–Crippen LogP) is 3.35. The van der Waals surface area contributed by atoms with E-state index in [-0.39, 0.29) is 5.91 Å². The van der Waals surface area contributed by atoms with E-state index in [1.165, 1.54) is 24.8 Å². The van der Waals surface area contributed by atoms with Crippen LogP contribution in [-0.4, -0.2) is 43.1 Å². The number of hydrogen-bond donors (Lipinski definition) is 1. The van der Waals surface area contributed by atoms with Gasteiger partial charge in [0.15, 0.2) is 5.82 Å². The number of carbonyl (C=O) groups excluding carboxylic acids is 1. The van der Waals surface area contributed by atoms with Crippen molar-refractivity contribution in [3.05, 3.63) is 41.6 Å². The third-order valence-electron chi connectivity index (χ3n) is 4.69. The van der Waals surface area contributed by atoms with Crippen LogP contribution in [0.1, 0.15) is 42.1 Å². The molecule has 6 nitrogen and oxygen atoms in total. The van der Waals surface area contributed by atoms with Crippen LogP contribution in [0.15, 0.2) is 30.5 Å². The molecule has 1 aromatic heterocycles. The highest BCUT2D eigenvalue weighted by molar-refractivity contribution is 6.05. The molecule has 0 spiro atoms. The van der Waals surface area contributed by atoms with Gasteiger partial charge in [-0.1, -0.05) is 19.1 Å². The van der Waals surface area contributed by atoms with Gasteiger partial charge in [-0.2, -0.15) is 4.98 Å². The van der Waals surface area contributed by atoms with Gasteiger partial charge >= 0.3 is 0 Å². The van der Waals surface area contributed by atoms with Gasteiger partial charge in [0.25, 0.3) is 5.91 Å². The summed E-state index contributed by atoms with van der Waals surface area (Å²) >= 11 is 0. The van der Waals surface area contributed by atoms with E-state index in [9.17, 15) is 4.79 Å². The Morgan fingerprint density at radius 2 is 1.85 bits per heavy atom. The second kappa shape index (κ2) is 8.17. The fourth-order valence-electron chi connectivity index (χ4n) is 3.13. The molecule has 26 heavy (non-hydrogen) atoms. The van der Waals surface area contributed by atoms with E-state index < -0.39 is 0 Å². The van der Waals surface area contributed by atoms with Crippen LogP contribution in [0, 0.1) is 0 Å². The molecule has 3 rings (SSSR count). The van der Waals surface area contributed by atoms with E-state index in [1.54, 1.807) is 6.20 Å². The fourth-order valence-corrected chi connectivity index (χ4v) is 3.13. The molecule has 0 saturated carbocycles. The van der Waals surface area contributed by atoms with Crippen molar-refractivity contribution in [2.45, 2.75) is 32.6 Å². The van der Waals surface area contributed by atoms with E-state index in [1.807, 2.05) is 43.3 Å². The first-order valence-electron chi connectivity index (χ1n) is 9.28. The zero-order valence-corrected chi connectivity index (χ0v) is 15.8. The minimum absolute atomic E-state index is 0.148. The van der Waals surface area contributed by atoms with Crippen molar-refractivity contribution in [2.75, 3.05) is 42.3 Å². The lowest BCUT2D eigenvalue weighted by Crippen LogP contribution is -2.31. The first kappa shape index (κ1) is 18.2. The fraction of sp³-hybridized carbons (Fsp3) is 0.450. The van der Waals surface area contributed by atoms with Crippen molar-refractivity contribution in [3.8, 4) is 0 Å². The third kappa shape index (κ3) is 4.12. The molecule has 1 saturated heterocycles. The van der Waals surface area contributed by atoms with Crippen LogP contribution in [0.25, 0.3) is 0 Å². The van der Waals surface area contributed by atoms with E-state index in [4.69, 9.17) is 4.98 Å². The molecule has 2 aromatic rings. The average molecular weight is 353 g/mol. The van der Waals surface area contributed by atoms with E-state index in [2.05, 4.69) is 22.1 Å². The first-order valence-corrected chi connectivity index (χ1v) is 9.28. The largest absolute Gasteiger partial charge is 0.361 e. The van der Waals surface area contributed by atoms with E-state index >= 15 is 0 Å². The standard InChI is InChI=1S/C20H27N5O/c1-4-15-8-10-16(11-9-15)19(26)22-17-14-21-20(23-18(17)24(2)3)25-12-6-5-7-13-25/h8-11,14H,4-7,12-13H2,1-3H3,(H,22,26). The molecule has 1 aromatic carbocycles. The molecule has 1 aliphatic rings. The average Bonchev–Trinajstić information content (AvgIpc) is 2.68. The zero-order valence-electron chi connectivity index (χ0n) is 15.8. The summed E-state index contributed by atoms with van der Waals surface area (Å²) in [4.78, 5) is 25.9. The molecule has 0 unspecified atom stereocenters. The Labute approximate surface area is 155 Å². The molecule has 0 radical (unpaired) electrons. The monoisotopic (exact) mass is 353 g/mol. The third-order valence-corrected chi connectivity index (χ3v) is 4.69. The number of carbonyl (C=O) groups is 1. The number of rotatable bonds is 5. The van der Waals surface area contributed by atoms with Gasteiger partial charge in [-0.3, -0.25) is 4.79 Å². The summed E-state index contributed by atoms with van der Waals surface area (Å²) in [5.74, 6) is 1.31. The lowest BCUT2D eigenvalue weighted by molar-refractivity contribution is 0.102. The van der Waals surface area contributed by atoms with Gasteiger partial charge in [-0.05, 0) is 43.4 Å². The number of hydrogen-bond acceptors (Lipinski definition) is 5. The van der Waals surface area contributed by atoms with Crippen LogP contribution >= 0.6 is 0 Å². The maximum Gasteiger partial charge on any atom is 0.255 e. The molecule has 1 amide bonds. The molecular formula is C20H27N5O. The van der Waals surface area contributed by atoms with Gasteiger partial charge in [0, 0.05) is 32.7 Å². The maximum atomic E-state index is 12.6. The van der Waals surface area contributed by atoms with Crippen LogP contribution in [0.3, 0.4) is 0 Å². The summed E-state index contributed by atoms with van der Waals surface area (Å²) in [5.41, 5.74) is 2.47. The molecule has 0 bridgehead atoms. The highest BCUT2D eigenvalue weighted by Crippen LogP contribution is 2.25. The Balaban J connectivity index is 1.80. The molecule has 0 atom stereocenters. The molecule has 1 N–H and O–H groups in total. The normalized spacial score (nSPS) is 14.2. The van der Waals surface area contributed by atoms with Gasteiger partial charge in [-0.15, -0.1) is 0 Å². The molecule has 1 fully saturated rings. The Hall–Kier alpha value is -2.63. The first-order chi connectivity index (χ1) is 12.6. The van der Waals surface area contributed by atoms with Crippen molar-refractivity contribution >= 4 is 23.4 Å². The van der Waals surface area contributed by atoms with Gasteiger partial charge < -0.3 is 15.1 Å². The molecule has 138 valence electrons. The molecule has 6 heteroatoms.